The molecule has 0 aromatic heterocycles. The first-order valence-corrected chi connectivity index (χ1v) is 6.98. The van der Waals surface area contributed by atoms with Gasteiger partial charge in [-0.1, -0.05) is 43.5 Å². The number of rotatable bonds is 1. The second kappa shape index (κ2) is 4.64. The number of benzene rings is 1. The molecular formula is C16H20O. The van der Waals surface area contributed by atoms with Crippen LogP contribution in [0.5, 0.6) is 0 Å². The summed E-state index contributed by atoms with van der Waals surface area (Å²) in [4.78, 5) is 11.9. The molecule has 0 N–H and O–H groups in total. The second-order valence-electron chi connectivity index (χ2n) is 5.55. The van der Waals surface area contributed by atoms with Crippen LogP contribution in [0.25, 0.3) is 0 Å². The molecule has 0 heterocycles. The summed E-state index contributed by atoms with van der Waals surface area (Å²) in [6.45, 7) is 0. The van der Waals surface area contributed by atoms with Gasteiger partial charge in [0, 0.05) is 12.0 Å². The first-order chi connectivity index (χ1) is 8.36. The van der Waals surface area contributed by atoms with Crippen LogP contribution in [0, 0.1) is 5.92 Å². The van der Waals surface area contributed by atoms with E-state index < -0.39 is 0 Å². The third-order valence-corrected chi connectivity index (χ3v) is 4.56. The van der Waals surface area contributed by atoms with Crippen molar-refractivity contribution in [2.75, 3.05) is 0 Å². The Hall–Kier alpha value is -1.11. The number of carbonyl (C=O) groups excluding carboxylic acids is 1. The average Bonchev–Trinajstić information content (AvgIpc) is 2.41. The first-order valence-electron chi connectivity index (χ1n) is 6.98. The van der Waals surface area contributed by atoms with Crippen LogP contribution < -0.4 is 0 Å². The van der Waals surface area contributed by atoms with E-state index >= 15 is 0 Å². The van der Waals surface area contributed by atoms with Crippen LogP contribution in [-0.4, -0.2) is 5.78 Å². The fourth-order valence-electron chi connectivity index (χ4n) is 3.68. The smallest absolute Gasteiger partial charge is 0.163 e. The molecule has 0 amide bonds. The Balaban J connectivity index is 1.91. The molecule has 17 heavy (non-hydrogen) atoms. The molecule has 1 aromatic rings. The summed E-state index contributed by atoms with van der Waals surface area (Å²) in [5.74, 6) is 1.84. The number of carbonyl (C=O) groups is 1. The van der Waals surface area contributed by atoms with Crippen molar-refractivity contribution in [3.05, 3.63) is 35.4 Å². The van der Waals surface area contributed by atoms with Crippen molar-refractivity contribution in [1.82, 2.24) is 0 Å². The Bertz CT molecular complexity index is 415. The van der Waals surface area contributed by atoms with E-state index in [1.165, 1.54) is 37.7 Å². The molecule has 90 valence electrons. The predicted molar refractivity (Wildman–Crippen MR) is 69.3 cm³/mol. The number of ketones is 1. The third kappa shape index (κ3) is 2.03. The van der Waals surface area contributed by atoms with Gasteiger partial charge >= 0.3 is 0 Å². The fraction of sp³-hybridized carbons (Fsp3) is 0.562. The summed E-state index contributed by atoms with van der Waals surface area (Å²) >= 11 is 0. The maximum Gasteiger partial charge on any atom is 0.163 e. The van der Waals surface area contributed by atoms with Gasteiger partial charge in [-0.2, -0.15) is 0 Å². The zero-order valence-electron chi connectivity index (χ0n) is 10.3. The zero-order valence-corrected chi connectivity index (χ0v) is 10.3. The van der Waals surface area contributed by atoms with E-state index in [1.54, 1.807) is 0 Å². The molecule has 3 rings (SSSR count). The molecule has 0 saturated heterocycles. The highest BCUT2D eigenvalue weighted by molar-refractivity contribution is 5.98. The van der Waals surface area contributed by atoms with Crippen molar-refractivity contribution in [2.24, 2.45) is 5.92 Å². The summed E-state index contributed by atoms with van der Waals surface area (Å²) in [7, 11) is 0. The lowest BCUT2D eigenvalue weighted by Crippen LogP contribution is -2.23. The highest BCUT2D eigenvalue weighted by atomic mass is 16.1. The molecule has 1 nitrogen and oxygen atoms in total. The van der Waals surface area contributed by atoms with Crippen LogP contribution in [0.1, 0.15) is 66.8 Å². The van der Waals surface area contributed by atoms with Crippen LogP contribution in [0.2, 0.25) is 0 Å². The average molecular weight is 228 g/mol. The van der Waals surface area contributed by atoms with Crippen LogP contribution in [0.15, 0.2) is 24.3 Å². The van der Waals surface area contributed by atoms with Crippen molar-refractivity contribution in [1.29, 1.82) is 0 Å². The van der Waals surface area contributed by atoms with Crippen LogP contribution >= 0.6 is 0 Å². The SMILES string of the molecule is O=C1CCC(C2CCCCC2)c2ccccc21. The van der Waals surface area contributed by atoms with Gasteiger partial charge in [-0.3, -0.25) is 4.79 Å². The lowest BCUT2D eigenvalue weighted by Gasteiger charge is -2.34. The molecule has 1 saturated carbocycles. The van der Waals surface area contributed by atoms with Gasteiger partial charge in [0.2, 0.25) is 0 Å². The van der Waals surface area contributed by atoms with Crippen molar-refractivity contribution in [3.63, 3.8) is 0 Å². The van der Waals surface area contributed by atoms with Crippen LogP contribution in [0.3, 0.4) is 0 Å². The van der Waals surface area contributed by atoms with Gasteiger partial charge in [-0.25, -0.2) is 0 Å². The molecule has 1 heteroatoms. The third-order valence-electron chi connectivity index (χ3n) is 4.56. The molecule has 0 spiro atoms. The standard InChI is InChI=1S/C16H20O/c17-16-11-10-13(12-6-2-1-3-7-12)14-8-4-5-9-15(14)16/h4-5,8-9,12-13H,1-3,6-7,10-11H2. The topological polar surface area (TPSA) is 17.1 Å². The Morgan fingerprint density at radius 1 is 0.941 bits per heavy atom. The lowest BCUT2D eigenvalue weighted by atomic mass is 9.70. The molecule has 2 aliphatic carbocycles. The highest BCUT2D eigenvalue weighted by Gasteiger charge is 2.31. The fourth-order valence-corrected chi connectivity index (χ4v) is 3.68. The predicted octanol–water partition coefficient (Wildman–Crippen LogP) is 4.33. The largest absolute Gasteiger partial charge is 0.294 e. The summed E-state index contributed by atoms with van der Waals surface area (Å²) in [5.41, 5.74) is 2.35. The molecule has 1 fully saturated rings. The van der Waals surface area contributed by atoms with Crippen molar-refractivity contribution in [3.8, 4) is 0 Å². The molecule has 0 bridgehead atoms. The van der Waals surface area contributed by atoms with E-state index in [-0.39, 0.29) is 0 Å². The van der Waals surface area contributed by atoms with E-state index in [0.717, 1.165) is 24.3 Å². The molecule has 0 radical (unpaired) electrons. The van der Waals surface area contributed by atoms with E-state index in [2.05, 4.69) is 12.1 Å². The Kier molecular flexibility index (Phi) is 3.00. The van der Waals surface area contributed by atoms with Gasteiger partial charge in [0.05, 0.1) is 0 Å². The van der Waals surface area contributed by atoms with Crippen LogP contribution in [0.4, 0.5) is 0 Å². The van der Waals surface area contributed by atoms with Crippen LogP contribution in [-0.2, 0) is 0 Å². The Morgan fingerprint density at radius 3 is 2.53 bits per heavy atom. The molecule has 2 aliphatic rings. The number of Topliss-reactive ketones (excluding diaryl/α,β-unsaturated/α-hetero) is 1. The van der Waals surface area contributed by atoms with E-state index in [4.69, 9.17) is 0 Å². The summed E-state index contributed by atoms with van der Waals surface area (Å²) in [6.07, 6.45) is 8.76. The van der Waals surface area contributed by atoms with Crippen molar-refractivity contribution in [2.45, 2.75) is 50.9 Å². The lowest BCUT2D eigenvalue weighted by molar-refractivity contribution is 0.0958. The van der Waals surface area contributed by atoms with Gasteiger partial charge in [0.15, 0.2) is 5.78 Å². The van der Waals surface area contributed by atoms with Gasteiger partial charge in [-0.05, 0) is 36.7 Å². The second-order valence-corrected chi connectivity index (χ2v) is 5.55. The molecule has 1 unspecified atom stereocenters. The number of hydrogen-bond donors (Lipinski definition) is 0. The molecular weight excluding hydrogens is 208 g/mol. The maximum atomic E-state index is 11.9. The minimum Gasteiger partial charge on any atom is -0.294 e. The van der Waals surface area contributed by atoms with Gasteiger partial charge in [0.1, 0.15) is 0 Å². The summed E-state index contributed by atoms with van der Waals surface area (Å²) < 4.78 is 0. The van der Waals surface area contributed by atoms with E-state index in [0.29, 0.717) is 11.7 Å². The van der Waals surface area contributed by atoms with E-state index in [9.17, 15) is 4.79 Å². The molecule has 1 atom stereocenters. The van der Waals surface area contributed by atoms with Gasteiger partial charge in [-0.15, -0.1) is 0 Å². The first kappa shape index (κ1) is 11.0. The number of fused-ring (bicyclic) bond motifs is 1. The Labute approximate surface area is 103 Å². The molecule has 1 aromatic carbocycles. The normalized spacial score (nSPS) is 25.6. The molecule has 0 aliphatic heterocycles. The maximum absolute atomic E-state index is 11.9. The summed E-state index contributed by atoms with van der Waals surface area (Å²) in [5, 5.41) is 0. The minimum absolute atomic E-state index is 0.354. The quantitative estimate of drug-likeness (QED) is 0.699. The zero-order chi connectivity index (χ0) is 11.7. The summed E-state index contributed by atoms with van der Waals surface area (Å²) in [6, 6.07) is 8.30. The van der Waals surface area contributed by atoms with Gasteiger partial charge in [0.25, 0.3) is 0 Å². The number of hydrogen-bond acceptors (Lipinski definition) is 1. The highest BCUT2D eigenvalue weighted by Crippen LogP contribution is 2.42. The minimum atomic E-state index is 0.354. The van der Waals surface area contributed by atoms with Gasteiger partial charge < -0.3 is 0 Å². The Morgan fingerprint density at radius 2 is 1.71 bits per heavy atom. The van der Waals surface area contributed by atoms with Crippen molar-refractivity contribution >= 4 is 5.78 Å². The monoisotopic (exact) mass is 228 g/mol. The van der Waals surface area contributed by atoms with Crippen molar-refractivity contribution < 1.29 is 4.79 Å². The van der Waals surface area contributed by atoms with E-state index in [1.807, 2.05) is 12.1 Å².